The summed E-state index contributed by atoms with van der Waals surface area (Å²) in [6.45, 7) is 16.1. The van der Waals surface area contributed by atoms with Gasteiger partial charge in [0, 0.05) is 48.4 Å². The second kappa shape index (κ2) is 22.6. The number of alkyl halides is 3. The Labute approximate surface area is 416 Å². The van der Waals surface area contributed by atoms with Crippen molar-refractivity contribution in [2.75, 3.05) is 39.6 Å². The average Bonchev–Trinajstić information content (AvgIpc) is 3.94. The maximum atomic E-state index is 14.0. The number of aliphatic hydroxyl groups excluding tert-OH is 1. The standard InChI is InChI=1S/C52H63F3N6O9S/c1-31-42(71-30-58-31)33-11-9-32(10-12-33)28-57-45(65)40-25-36(62)29-61(40)46(66)43(49(2,3)4)59-41(63)19-20-67-21-22-68-23-24-69-37-16-13-34(14-17-37)44(64)60-47-50(5,6)48(51(47,7)8)70-38-18-15-35(27-56)39(26-38)52(53,54)55/h9-18,26,30,36,40,43,47-48,62H,19-25,28-29H2,1-8H3,(H,57,65)(H,59,63)(H,60,64)/t36-,40+,43-,47?,48?/m1/s1. The van der Waals surface area contributed by atoms with E-state index in [0.717, 1.165) is 33.8 Å². The molecule has 382 valence electrons. The smallest absolute Gasteiger partial charge is 0.417 e. The number of carbonyl (C=O) groups excluding carboxylic acids is 4. The van der Waals surface area contributed by atoms with E-state index < -0.39 is 69.7 Å². The highest BCUT2D eigenvalue weighted by atomic mass is 32.1. The number of nitrogens with zero attached hydrogens (tertiary/aromatic N) is 3. The maximum absolute atomic E-state index is 14.0. The third-order valence-corrected chi connectivity index (χ3v) is 13.9. The van der Waals surface area contributed by atoms with Crippen LogP contribution in [0, 0.1) is 34.5 Å². The van der Waals surface area contributed by atoms with Gasteiger partial charge in [0.25, 0.3) is 5.91 Å². The molecule has 3 atom stereocenters. The number of hydrogen-bond acceptors (Lipinski definition) is 12. The highest BCUT2D eigenvalue weighted by Crippen LogP contribution is 2.56. The summed E-state index contributed by atoms with van der Waals surface area (Å²) in [5.41, 5.74) is 1.46. The molecule has 6 rings (SSSR count). The van der Waals surface area contributed by atoms with Crippen LogP contribution in [0.25, 0.3) is 10.4 Å². The summed E-state index contributed by atoms with van der Waals surface area (Å²) in [7, 11) is 0. The number of aryl methyl sites for hydroxylation is 1. The molecule has 71 heavy (non-hydrogen) atoms. The molecule has 2 fully saturated rings. The molecule has 0 unspecified atom stereocenters. The van der Waals surface area contributed by atoms with Crippen LogP contribution in [0.15, 0.2) is 72.2 Å². The second-order valence-electron chi connectivity index (χ2n) is 20.2. The summed E-state index contributed by atoms with van der Waals surface area (Å²) in [4.78, 5) is 60.5. The fraction of sp³-hybridized carbons (Fsp3) is 0.500. The van der Waals surface area contributed by atoms with Gasteiger partial charge in [-0.15, -0.1) is 11.3 Å². The van der Waals surface area contributed by atoms with E-state index in [-0.39, 0.29) is 82.6 Å². The lowest BCUT2D eigenvalue weighted by Crippen LogP contribution is -2.74. The molecule has 0 spiro atoms. The summed E-state index contributed by atoms with van der Waals surface area (Å²) < 4.78 is 63.8. The van der Waals surface area contributed by atoms with E-state index in [1.165, 1.54) is 11.0 Å². The van der Waals surface area contributed by atoms with Crippen molar-refractivity contribution in [2.24, 2.45) is 16.2 Å². The average molecular weight is 1010 g/mol. The van der Waals surface area contributed by atoms with Crippen molar-refractivity contribution in [1.82, 2.24) is 25.8 Å². The van der Waals surface area contributed by atoms with Crippen LogP contribution in [0.4, 0.5) is 13.2 Å². The van der Waals surface area contributed by atoms with Crippen LogP contribution in [-0.2, 0) is 36.6 Å². The largest absolute Gasteiger partial charge is 0.491 e. The molecule has 3 aromatic carbocycles. The molecule has 0 bridgehead atoms. The quantitative estimate of drug-likeness (QED) is 0.0651. The van der Waals surface area contributed by atoms with Crippen molar-refractivity contribution in [1.29, 1.82) is 5.26 Å². The molecule has 19 heteroatoms. The number of rotatable bonds is 20. The van der Waals surface area contributed by atoms with E-state index in [2.05, 4.69) is 20.9 Å². The zero-order chi connectivity index (χ0) is 51.9. The number of likely N-dealkylation sites (tertiary alicyclic amines) is 1. The van der Waals surface area contributed by atoms with Crippen LogP contribution in [-0.4, -0.2) is 109 Å². The second-order valence-corrected chi connectivity index (χ2v) is 21.0. The number of β-amino-alcohol motifs (C(OH)–C–C–N with tert-alkyl or cyclic N) is 1. The number of carbonyl (C=O) groups is 4. The molecule has 1 aliphatic carbocycles. The van der Waals surface area contributed by atoms with Gasteiger partial charge in [0.1, 0.15) is 36.3 Å². The number of nitrogens with one attached hydrogen (secondary N) is 3. The lowest BCUT2D eigenvalue weighted by molar-refractivity contribution is -0.164. The number of aromatic nitrogens is 1. The third-order valence-electron chi connectivity index (χ3n) is 13.0. The van der Waals surface area contributed by atoms with Gasteiger partial charge in [-0.2, -0.15) is 18.4 Å². The lowest BCUT2D eigenvalue weighted by Gasteiger charge is -2.63. The highest BCUT2D eigenvalue weighted by Gasteiger charge is 2.64. The zero-order valence-corrected chi connectivity index (χ0v) is 42.1. The topological polar surface area (TPSA) is 201 Å². The predicted molar refractivity (Wildman–Crippen MR) is 259 cm³/mol. The van der Waals surface area contributed by atoms with Gasteiger partial charge in [0.2, 0.25) is 17.7 Å². The number of hydrogen-bond donors (Lipinski definition) is 4. The number of benzene rings is 3. The van der Waals surface area contributed by atoms with E-state index >= 15 is 0 Å². The summed E-state index contributed by atoms with van der Waals surface area (Å²) in [5, 5.41) is 28.5. The Morgan fingerprint density at radius 1 is 0.915 bits per heavy atom. The first-order chi connectivity index (χ1) is 33.4. The first-order valence-corrected chi connectivity index (χ1v) is 24.3. The van der Waals surface area contributed by atoms with Gasteiger partial charge in [0.05, 0.1) is 65.8 Å². The summed E-state index contributed by atoms with van der Waals surface area (Å²) in [6.07, 6.45) is -6.10. The van der Waals surface area contributed by atoms with Crippen molar-refractivity contribution in [3.63, 3.8) is 0 Å². The number of halogens is 3. The SMILES string of the molecule is Cc1ncsc1-c1ccc(CNC(=O)[C@@H]2C[C@@H](O)CN2C(=O)[C@@H](NC(=O)CCOCCOCCOc2ccc(C(=O)NC3C(C)(C)C(Oc4ccc(C#N)c(C(F)(F)F)c4)C3(C)C)cc2)C(C)(C)C)cc1. The number of thiazole rings is 1. The van der Waals surface area contributed by atoms with E-state index in [4.69, 9.17) is 24.2 Å². The monoisotopic (exact) mass is 1000 g/mol. The molecule has 4 amide bonds. The molecule has 1 aromatic heterocycles. The molecule has 4 N–H and O–H groups in total. The number of aliphatic hydroxyl groups is 1. The Hall–Kier alpha value is -6.07. The van der Waals surface area contributed by atoms with Crippen molar-refractivity contribution in [3.8, 4) is 28.0 Å². The van der Waals surface area contributed by atoms with E-state index in [0.29, 0.717) is 11.3 Å². The van der Waals surface area contributed by atoms with Crippen molar-refractivity contribution < 1.29 is 56.4 Å². The van der Waals surface area contributed by atoms with Crippen molar-refractivity contribution >= 4 is 35.0 Å². The lowest BCUT2D eigenvalue weighted by atomic mass is 9.49. The van der Waals surface area contributed by atoms with Crippen LogP contribution in [0.5, 0.6) is 11.5 Å². The molecule has 4 aromatic rings. The predicted octanol–water partition coefficient (Wildman–Crippen LogP) is 7.23. The van der Waals surface area contributed by atoms with E-state index in [1.807, 2.05) is 79.7 Å². The fourth-order valence-corrected chi connectivity index (χ4v) is 10.3. The minimum atomic E-state index is -4.72. The van der Waals surface area contributed by atoms with Gasteiger partial charge >= 0.3 is 6.18 Å². The van der Waals surface area contributed by atoms with Crippen molar-refractivity contribution in [3.05, 3.63) is 100 Å². The van der Waals surface area contributed by atoms with Crippen molar-refractivity contribution in [2.45, 2.75) is 111 Å². The van der Waals surface area contributed by atoms with Crippen LogP contribution >= 0.6 is 11.3 Å². The van der Waals surface area contributed by atoms with E-state index in [9.17, 15) is 37.5 Å². The molecule has 2 aliphatic rings. The van der Waals surface area contributed by atoms with Crippen LogP contribution < -0.4 is 25.4 Å². The maximum Gasteiger partial charge on any atom is 0.417 e. The normalized spacial score (nSPS) is 19.7. The minimum absolute atomic E-state index is 0.0147. The Balaban J connectivity index is 0.868. The van der Waals surface area contributed by atoms with Crippen LogP contribution in [0.2, 0.25) is 0 Å². The van der Waals surface area contributed by atoms with Gasteiger partial charge in [-0.25, -0.2) is 4.98 Å². The zero-order valence-electron chi connectivity index (χ0n) is 41.3. The van der Waals surface area contributed by atoms with Crippen LogP contribution in [0.1, 0.15) is 94.1 Å². The third kappa shape index (κ3) is 13.3. The van der Waals surface area contributed by atoms with Gasteiger partial charge in [-0.3, -0.25) is 19.2 Å². The fourth-order valence-electron chi connectivity index (χ4n) is 9.50. The Morgan fingerprint density at radius 3 is 2.15 bits per heavy atom. The summed E-state index contributed by atoms with van der Waals surface area (Å²) in [5.74, 6) is -1.09. The van der Waals surface area contributed by atoms with Gasteiger partial charge < -0.3 is 44.9 Å². The molecule has 1 aliphatic heterocycles. The highest BCUT2D eigenvalue weighted by molar-refractivity contribution is 7.13. The Bertz CT molecular complexity index is 2540. The Kier molecular flexibility index (Phi) is 17.2. The first kappa shape index (κ1) is 54.3. The van der Waals surface area contributed by atoms with E-state index in [1.54, 1.807) is 47.2 Å². The molecule has 0 radical (unpaired) electrons. The molecule has 1 saturated heterocycles. The summed E-state index contributed by atoms with van der Waals surface area (Å²) in [6, 6.07) is 17.0. The van der Waals surface area contributed by atoms with Gasteiger partial charge in [0.15, 0.2) is 0 Å². The molecular weight excluding hydrogens is 942 g/mol. The van der Waals surface area contributed by atoms with Gasteiger partial charge in [-0.05, 0) is 65.9 Å². The summed E-state index contributed by atoms with van der Waals surface area (Å²) >= 11 is 1.56. The van der Waals surface area contributed by atoms with Gasteiger partial charge in [-0.1, -0.05) is 72.7 Å². The number of ether oxygens (including phenoxy) is 4. The molecular formula is C52H63F3N6O9S. The molecule has 1 saturated carbocycles. The van der Waals surface area contributed by atoms with Crippen LogP contribution in [0.3, 0.4) is 0 Å². The minimum Gasteiger partial charge on any atom is -0.491 e. The number of nitriles is 1. The number of amides is 4. The molecule has 2 heterocycles. The Morgan fingerprint density at radius 2 is 1.55 bits per heavy atom. The first-order valence-electron chi connectivity index (χ1n) is 23.4. The molecule has 15 nitrogen and oxygen atoms in total.